The van der Waals surface area contributed by atoms with Crippen LogP contribution in [0.15, 0.2) is 72.9 Å². The smallest absolute Gasteiger partial charge is 0.247 e. The number of amides is 1. The van der Waals surface area contributed by atoms with Crippen molar-refractivity contribution >= 4 is 11.7 Å². The fourth-order valence-corrected chi connectivity index (χ4v) is 3.60. The molecule has 0 saturated heterocycles. The van der Waals surface area contributed by atoms with Gasteiger partial charge in [-0.2, -0.15) is 10.4 Å². The molecule has 1 amide bonds. The van der Waals surface area contributed by atoms with E-state index in [1.165, 1.54) is 0 Å². The lowest BCUT2D eigenvalue weighted by molar-refractivity contribution is -0.117. The summed E-state index contributed by atoms with van der Waals surface area (Å²) in [5.41, 5.74) is 4.24. The lowest BCUT2D eigenvalue weighted by atomic mass is 9.99. The molecule has 0 fully saturated rings. The van der Waals surface area contributed by atoms with E-state index in [2.05, 4.69) is 43.9 Å². The Morgan fingerprint density at radius 1 is 1.15 bits per heavy atom. The molecular weight excluding hydrogens is 414 g/mol. The average Bonchev–Trinajstić information content (AvgIpc) is 3.29. The molecule has 4 rings (SSSR count). The number of nitrogens with one attached hydrogen (secondary N) is 2. The molecule has 3 aromatic rings. The number of hydrogen-bond donors (Lipinski definition) is 2. The van der Waals surface area contributed by atoms with Crippen molar-refractivity contribution in [2.45, 2.75) is 25.3 Å². The van der Waals surface area contributed by atoms with E-state index >= 15 is 0 Å². The van der Waals surface area contributed by atoms with Gasteiger partial charge in [-0.3, -0.25) is 14.5 Å². The predicted molar refractivity (Wildman–Crippen MR) is 126 cm³/mol. The molecule has 8 heteroatoms. The van der Waals surface area contributed by atoms with Gasteiger partial charge in [-0.1, -0.05) is 18.2 Å². The first-order chi connectivity index (χ1) is 16.1. The number of rotatable bonds is 8. The van der Waals surface area contributed by atoms with Crippen LogP contribution in [0, 0.1) is 11.3 Å². The summed E-state index contributed by atoms with van der Waals surface area (Å²) in [4.78, 5) is 21.8. The second kappa shape index (κ2) is 10.5. The molecule has 0 bridgehead atoms. The van der Waals surface area contributed by atoms with Crippen LogP contribution >= 0.6 is 0 Å². The fraction of sp³-hybridized carbons (Fsp3) is 0.240. The van der Waals surface area contributed by atoms with Crippen LogP contribution in [0.4, 0.5) is 5.82 Å². The first kappa shape index (κ1) is 22.1. The zero-order valence-corrected chi connectivity index (χ0v) is 18.4. The van der Waals surface area contributed by atoms with Crippen molar-refractivity contribution in [3.8, 4) is 17.2 Å². The summed E-state index contributed by atoms with van der Waals surface area (Å²) in [5.74, 6) is 0.329. The van der Waals surface area contributed by atoms with Gasteiger partial charge in [0.05, 0.1) is 11.8 Å². The van der Waals surface area contributed by atoms with Crippen LogP contribution in [0.3, 0.4) is 0 Å². The molecule has 33 heavy (non-hydrogen) atoms. The highest BCUT2D eigenvalue weighted by molar-refractivity contribution is 5.96. The van der Waals surface area contributed by atoms with Gasteiger partial charge >= 0.3 is 0 Å². The molecule has 1 atom stereocenters. The van der Waals surface area contributed by atoms with E-state index in [1.54, 1.807) is 35.4 Å². The van der Waals surface area contributed by atoms with Crippen LogP contribution in [0.1, 0.15) is 24.1 Å². The van der Waals surface area contributed by atoms with Crippen molar-refractivity contribution in [1.82, 2.24) is 25.1 Å². The maximum Gasteiger partial charge on any atom is 0.247 e. The van der Waals surface area contributed by atoms with Crippen molar-refractivity contribution in [3.63, 3.8) is 0 Å². The third-order valence-corrected chi connectivity index (χ3v) is 5.36. The number of allylic oxidation sites excluding steroid dienone is 2. The Balaban J connectivity index is 1.41. The minimum absolute atomic E-state index is 0.165. The Labute approximate surface area is 192 Å². The first-order valence-electron chi connectivity index (χ1n) is 10.8. The zero-order chi connectivity index (χ0) is 23.0. The summed E-state index contributed by atoms with van der Waals surface area (Å²) in [6.07, 6.45) is 15.7. The van der Waals surface area contributed by atoms with Crippen LogP contribution in [0.5, 0.6) is 0 Å². The number of hydrogen-bond acceptors (Lipinski definition) is 6. The van der Waals surface area contributed by atoms with Crippen LogP contribution in [-0.4, -0.2) is 38.2 Å². The first-order valence-corrected chi connectivity index (χ1v) is 10.8. The number of nitriles is 1. The number of anilines is 1. The highest BCUT2D eigenvalue weighted by atomic mass is 16.2. The molecule has 1 aliphatic rings. The molecule has 0 spiro atoms. The van der Waals surface area contributed by atoms with Crippen LogP contribution in [0.25, 0.3) is 11.1 Å². The Kier molecular flexibility index (Phi) is 7.03. The average molecular weight is 440 g/mol. The summed E-state index contributed by atoms with van der Waals surface area (Å²) in [5, 5.41) is 19.4. The van der Waals surface area contributed by atoms with Gasteiger partial charge in [0.15, 0.2) is 0 Å². The molecule has 1 unspecified atom stereocenters. The monoisotopic (exact) mass is 439 g/mol. The molecular formula is C25H25N7O. The normalized spacial score (nSPS) is 13.8. The van der Waals surface area contributed by atoms with E-state index in [9.17, 15) is 4.79 Å². The molecule has 1 aliphatic carbocycles. The SMILES string of the molecule is Cn1cc(-c2ccc(NC(=O)C(NCCc3ccc(C#N)cn3)C3=CCCC=C3)nc2)cn1. The lowest BCUT2D eigenvalue weighted by Crippen LogP contribution is -2.43. The van der Waals surface area contributed by atoms with Gasteiger partial charge in [-0.05, 0) is 42.7 Å². The van der Waals surface area contributed by atoms with Crippen LogP contribution in [-0.2, 0) is 18.3 Å². The minimum Gasteiger partial charge on any atom is -0.309 e. The van der Waals surface area contributed by atoms with Crippen LogP contribution in [0.2, 0.25) is 0 Å². The third kappa shape index (κ3) is 5.79. The Morgan fingerprint density at radius 3 is 2.70 bits per heavy atom. The molecule has 166 valence electrons. The van der Waals surface area contributed by atoms with Crippen molar-refractivity contribution in [2.24, 2.45) is 7.05 Å². The van der Waals surface area contributed by atoms with E-state index in [1.807, 2.05) is 31.5 Å². The third-order valence-electron chi connectivity index (χ3n) is 5.36. The summed E-state index contributed by atoms with van der Waals surface area (Å²) in [7, 11) is 1.87. The molecule has 0 radical (unpaired) electrons. The van der Waals surface area contributed by atoms with Gasteiger partial charge in [-0.15, -0.1) is 0 Å². The van der Waals surface area contributed by atoms with E-state index in [0.717, 1.165) is 35.2 Å². The minimum atomic E-state index is -0.500. The van der Waals surface area contributed by atoms with Crippen molar-refractivity contribution in [3.05, 3.63) is 84.1 Å². The van der Waals surface area contributed by atoms with E-state index in [-0.39, 0.29) is 5.91 Å². The topological polar surface area (TPSA) is 109 Å². The van der Waals surface area contributed by atoms with Gasteiger partial charge in [0, 0.05) is 55.4 Å². The van der Waals surface area contributed by atoms with E-state index in [4.69, 9.17) is 5.26 Å². The second-order valence-electron chi connectivity index (χ2n) is 7.80. The summed E-state index contributed by atoms with van der Waals surface area (Å²) < 4.78 is 1.74. The van der Waals surface area contributed by atoms with E-state index < -0.39 is 6.04 Å². The number of carbonyl (C=O) groups excluding carboxylic acids is 1. The molecule has 3 aromatic heterocycles. The van der Waals surface area contributed by atoms with Gasteiger partial charge < -0.3 is 10.6 Å². The molecule has 2 N–H and O–H groups in total. The van der Waals surface area contributed by atoms with Crippen molar-refractivity contribution in [1.29, 1.82) is 5.26 Å². The number of pyridine rings is 2. The number of aryl methyl sites for hydroxylation is 1. The summed E-state index contributed by atoms with van der Waals surface area (Å²) in [6, 6.07) is 8.86. The maximum absolute atomic E-state index is 13.1. The standard InChI is InChI=1S/C25H25N7O/c1-32-17-21(16-30-32)20-8-10-23(29-15-20)31-25(33)24(19-5-3-2-4-6-19)27-12-11-22-9-7-18(13-26)14-28-22/h3,5-10,14-17,24,27H,2,4,11-12H2,1H3,(H,29,31,33). The number of carbonyl (C=O) groups is 1. The van der Waals surface area contributed by atoms with Crippen LogP contribution < -0.4 is 10.6 Å². The highest BCUT2D eigenvalue weighted by Gasteiger charge is 2.22. The Hall–Kier alpha value is -4.09. The van der Waals surface area contributed by atoms with Crippen molar-refractivity contribution < 1.29 is 4.79 Å². The quantitative estimate of drug-likeness (QED) is 0.558. The van der Waals surface area contributed by atoms with Gasteiger partial charge in [0.25, 0.3) is 0 Å². The molecule has 8 nitrogen and oxygen atoms in total. The highest BCUT2D eigenvalue weighted by Crippen LogP contribution is 2.19. The summed E-state index contributed by atoms with van der Waals surface area (Å²) in [6.45, 7) is 0.565. The second-order valence-corrected chi connectivity index (χ2v) is 7.80. The number of aromatic nitrogens is 4. The molecule has 0 aromatic carbocycles. The summed E-state index contributed by atoms with van der Waals surface area (Å²) >= 11 is 0. The Morgan fingerprint density at radius 2 is 2.06 bits per heavy atom. The molecule has 0 aliphatic heterocycles. The molecule has 0 saturated carbocycles. The maximum atomic E-state index is 13.1. The fourth-order valence-electron chi connectivity index (χ4n) is 3.60. The molecule has 3 heterocycles. The predicted octanol–water partition coefficient (Wildman–Crippen LogP) is 3.16. The van der Waals surface area contributed by atoms with Gasteiger partial charge in [-0.25, -0.2) is 4.98 Å². The zero-order valence-electron chi connectivity index (χ0n) is 18.4. The van der Waals surface area contributed by atoms with Crippen molar-refractivity contribution in [2.75, 3.05) is 11.9 Å². The van der Waals surface area contributed by atoms with E-state index in [0.29, 0.717) is 24.3 Å². The van der Waals surface area contributed by atoms with Gasteiger partial charge in [0.2, 0.25) is 5.91 Å². The Bertz CT molecular complexity index is 1200. The van der Waals surface area contributed by atoms with Gasteiger partial charge in [0.1, 0.15) is 17.9 Å². The largest absolute Gasteiger partial charge is 0.309 e. The lowest BCUT2D eigenvalue weighted by Gasteiger charge is -2.21. The number of nitrogens with zero attached hydrogens (tertiary/aromatic N) is 5.